The molecule has 0 radical (unpaired) electrons. The van der Waals surface area contributed by atoms with Gasteiger partial charge in [0.1, 0.15) is 17.3 Å². The lowest BCUT2D eigenvalue weighted by atomic mass is 10.00. The number of carbonyl (C=O) groups excluding carboxylic acids is 1. The van der Waals surface area contributed by atoms with Gasteiger partial charge in [0, 0.05) is 12.1 Å². The number of aromatic carboxylic acids is 1. The van der Waals surface area contributed by atoms with Crippen molar-refractivity contribution in [2.24, 2.45) is 0 Å². The Labute approximate surface area is 208 Å². The van der Waals surface area contributed by atoms with Crippen LogP contribution in [0.25, 0.3) is 11.1 Å². The van der Waals surface area contributed by atoms with E-state index in [0.29, 0.717) is 47.0 Å². The van der Waals surface area contributed by atoms with Crippen molar-refractivity contribution in [3.63, 3.8) is 0 Å². The fraction of sp³-hybridized carbons (Fsp3) is 0.259. The lowest BCUT2D eigenvalue weighted by molar-refractivity contribution is 0.0691. The molecule has 0 fully saturated rings. The van der Waals surface area contributed by atoms with Crippen molar-refractivity contribution in [3.8, 4) is 22.6 Å². The Morgan fingerprint density at radius 2 is 1.60 bits per heavy atom. The van der Waals surface area contributed by atoms with Crippen molar-refractivity contribution < 1.29 is 28.6 Å². The average molecular weight is 500 g/mol. The molecule has 0 bridgehead atoms. The number of hydrogen-bond donors (Lipinski definition) is 2. The van der Waals surface area contributed by atoms with Crippen molar-refractivity contribution >= 4 is 23.5 Å². The molecular weight excluding hydrogens is 473 g/mol. The second-order valence-electron chi connectivity index (χ2n) is 7.84. The number of carboxylic acid groups (broad SMARTS) is 1. The monoisotopic (exact) mass is 499 g/mol. The summed E-state index contributed by atoms with van der Waals surface area (Å²) in [5, 5.41) is 12.4. The van der Waals surface area contributed by atoms with Crippen molar-refractivity contribution in [3.05, 3.63) is 82.1 Å². The summed E-state index contributed by atoms with van der Waals surface area (Å²) < 4.78 is 25.2. The van der Waals surface area contributed by atoms with Crippen LogP contribution in [0, 0.1) is 5.82 Å². The Kier molecular flexibility index (Phi) is 9.09. The minimum absolute atomic E-state index is 0.142. The fourth-order valence-electron chi connectivity index (χ4n) is 3.38. The number of ether oxygens (including phenoxy) is 2. The average Bonchev–Trinajstić information content (AvgIpc) is 2.85. The van der Waals surface area contributed by atoms with Crippen LogP contribution >= 0.6 is 11.6 Å². The van der Waals surface area contributed by atoms with Gasteiger partial charge >= 0.3 is 5.97 Å². The van der Waals surface area contributed by atoms with E-state index in [1.807, 2.05) is 13.8 Å². The van der Waals surface area contributed by atoms with Crippen molar-refractivity contribution in [2.45, 2.75) is 33.2 Å². The van der Waals surface area contributed by atoms with Crippen molar-refractivity contribution in [1.82, 2.24) is 5.32 Å². The summed E-state index contributed by atoms with van der Waals surface area (Å²) in [5.41, 5.74) is 1.78. The molecule has 35 heavy (non-hydrogen) atoms. The third kappa shape index (κ3) is 6.73. The fourth-order valence-corrected chi connectivity index (χ4v) is 3.64. The number of benzene rings is 3. The highest BCUT2D eigenvalue weighted by Gasteiger charge is 2.15. The summed E-state index contributed by atoms with van der Waals surface area (Å²) in [6.07, 6.45) is 1.66. The summed E-state index contributed by atoms with van der Waals surface area (Å²) in [5.74, 6) is -1.33. The lowest BCUT2D eigenvalue weighted by Crippen LogP contribution is -2.23. The number of nitrogens with one attached hydrogen (secondary N) is 1. The largest absolute Gasteiger partial charge is 0.494 e. The Morgan fingerprint density at radius 1 is 0.914 bits per heavy atom. The maximum absolute atomic E-state index is 13.8. The van der Waals surface area contributed by atoms with Crippen LogP contribution in [-0.2, 0) is 6.54 Å². The molecule has 0 aromatic heterocycles. The minimum Gasteiger partial charge on any atom is -0.494 e. The van der Waals surface area contributed by atoms with Gasteiger partial charge < -0.3 is 19.9 Å². The topological polar surface area (TPSA) is 84.9 Å². The Bertz CT molecular complexity index is 1210. The van der Waals surface area contributed by atoms with Crippen molar-refractivity contribution in [1.29, 1.82) is 0 Å². The number of carbonyl (C=O) groups is 2. The van der Waals surface area contributed by atoms with Gasteiger partial charge in [0.2, 0.25) is 0 Å². The summed E-state index contributed by atoms with van der Waals surface area (Å²) in [6, 6.07) is 14.1. The summed E-state index contributed by atoms with van der Waals surface area (Å²) >= 11 is 6.30. The molecule has 0 aliphatic heterocycles. The highest BCUT2D eigenvalue weighted by Crippen LogP contribution is 2.29. The van der Waals surface area contributed by atoms with Crippen LogP contribution in [0.3, 0.4) is 0 Å². The zero-order valence-electron chi connectivity index (χ0n) is 19.6. The summed E-state index contributed by atoms with van der Waals surface area (Å²) in [6.45, 7) is 5.17. The minimum atomic E-state index is -1.34. The summed E-state index contributed by atoms with van der Waals surface area (Å²) in [4.78, 5) is 24.1. The third-order valence-electron chi connectivity index (χ3n) is 5.15. The lowest BCUT2D eigenvalue weighted by Gasteiger charge is -2.15. The van der Waals surface area contributed by atoms with Crippen LogP contribution in [0.2, 0.25) is 5.02 Å². The predicted octanol–water partition coefficient (Wildman–Crippen LogP) is 6.35. The molecule has 3 aromatic rings. The molecule has 0 aliphatic carbocycles. The van der Waals surface area contributed by atoms with E-state index in [4.69, 9.17) is 21.1 Å². The number of rotatable bonds is 11. The highest BCUT2D eigenvalue weighted by molar-refractivity contribution is 6.34. The molecule has 0 atom stereocenters. The van der Waals surface area contributed by atoms with Gasteiger partial charge in [-0.05, 0) is 66.4 Å². The van der Waals surface area contributed by atoms with Gasteiger partial charge in [-0.1, -0.05) is 37.6 Å². The van der Waals surface area contributed by atoms with E-state index in [-0.39, 0.29) is 17.5 Å². The molecule has 2 N–H and O–H groups in total. The van der Waals surface area contributed by atoms with Crippen LogP contribution < -0.4 is 14.8 Å². The number of hydrogen-bond acceptors (Lipinski definition) is 4. The quantitative estimate of drug-likeness (QED) is 0.321. The first-order valence-electron chi connectivity index (χ1n) is 11.3. The van der Waals surface area contributed by atoms with E-state index in [1.54, 1.807) is 36.4 Å². The van der Waals surface area contributed by atoms with Crippen LogP contribution in [0.15, 0.2) is 54.6 Å². The Balaban J connectivity index is 1.84. The molecule has 0 unspecified atom stereocenters. The maximum atomic E-state index is 13.8. The van der Waals surface area contributed by atoms with E-state index in [0.717, 1.165) is 18.9 Å². The molecule has 1 amide bonds. The first kappa shape index (κ1) is 26.0. The molecular formula is C27H27ClFNO5. The van der Waals surface area contributed by atoms with Gasteiger partial charge in [-0.3, -0.25) is 4.79 Å². The SMILES string of the molecule is CCCOc1ccc(C(=O)NCc2cc(-c3ccc(F)c(C(=O)O)c3)ccc2OCCC)c(Cl)c1. The van der Waals surface area contributed by atoms with Crippen LogP contribution in [-0.4, -0.2) is 30.2 Å². The Hall–Kier alpha value is -3.58. The predicted molar refractivity (Wildman–Crippen MR) is 133 cm³/mol. The number of amides is 1. The van der Waals surface area contributed by atoms with E-state index in [9.17, 15) is 19.1 Å². The third-order valence-corrected chi connectivity index (χ3v) is 5.46. The number of carboxylic acids is 1. The second kappa shape index (κ2) is 12.2. The number of halogens is 2. The van der Waals surface area contributed by atoms with Crippen molar-refractivity contribution in [2.75, 3.05) is 13.2 Å². The van der Waals surface area contributed by atoms with Crippen LogP contribution in [0.5, 0.6) is 11.5 Å². The first-order valence-corrected chi connectivity index (χ1v) is 11.7. The maximum Gasteiger partial charge on any atom is 0.338 e. The molecule has 0 aliphatic rings. The van der Waals surface area contributed by atoms with Gasteiger partial charge in [-0.15, -0.1) is 0 Å². The smallest absolute Gasteiger partial charge is 0.338 e. The van der Waals surface area contributed by atoms with E-state index in [2.05, 4.69) is 5.32 Å². The summed E-state index contributed by atoms with van der Waals surface area (Å²) in [7, 11) is 0. The van der Waals surface area contributed by atoms with Crippen LogP contribution in [0.1, 0.15) is 53.0 Å². The van der Waals surface area contributed by atoms with Gasteiger partial charge in [-0.2, -0.15) is 0 Å². The molecule has 3 rings (SSSR count). The first-order chi connectivity index (χ1) is 16.8. The molecule has 8 heteroatoms. The highest BCUT2D eigenvalue weighted by atomic mass is 35.5. The van der Waals surface area contributed by atoms with Crippen LogP contribution in [0.4, 0.5) is 4.39 Å². The molecule has 3 aromatic carbocycles. The zero-order valence-corrected chi connectivity index (χ0v) is 20.3. The normalized spacial score (nSPS) is 10.6. The molecule has 6 nitrogen and oxygen atoms in total. The van der Waals surface area contributed by atoms with E-state index >= 15 is 0 Å². The molecule has 0 saturated heterocycles. The molecule has 0 spiro atoms. The van der Waals surface area contributed by atoms with Gasteiger partial charge in [0.15, 0.2) is 0 Å². The Morgan fingerprint density at radius 3 is 2.29 bits per heavy atom. The van der Waals surface area contributed by atoms with Gasteiger partial charge in [0.05, 0.1) is 29.4 Å². The molecule has 184 valence electrons. The zero-order chi connectivity index (χ0) is 25.4. The van der Waals surface area contributed by atoms with E-state index in [1.165, 1.54) is 12.1 Å². The van der Waals surface area contributed by atoms with E-state index < -0.39 is 17.3 Å². The van der Waals surface area contributed by atoms with Gasteiger partial charge in [-0.25, -0.2) is 9.18 Å². The second-order valence-corrected chi connectivity index (χ2v) is 8.25. The standard InChI is InChI=1S/C27H27ClFNO5/c1-3-11-34-20-7-8-21(23(28)15-20)26(31)30-16-19-13-17(6-10-25(19)35-12-4-2)18-5-9-24(29)22(14-18)27(32)33/h5-10,13-15H,3-4,11-12,16H2,1-2H3,(H,30,31)(H,32,33). The molecule has 0 saturated carbocycles. The van der Waals surface area contributed by atoms with Gasteiger partial charge in [0.25, 0.3) is 5.91 Å². The molecule has 0 heterocycles.